The molecule has 0 atom stereocenters. The zero-order valence-corrected chi connectivity index (χ0v) is 12.8. The van der Waals surface area contributed by atoms with E-state index < -0.39 is 0 Å². The van der Waals surface area contributed by atoms with Crippen molar-refractivity contribution < 1.29 is 0 Å². The normalized spacial score (nSPS) is 10.9. The third kappa shape index (κ3) is 4.40. The third-order valence-electron chi connectivity index (χ3n) is 2.67. The van der Waals surface area contributed by atoms with Crippen LogP contribution in [0.1, 0.15) is 19.5 Å². The lowest BCUT2D eigenvalue weighted by Crippen LogP contribution is -2.19. The second-order valence-corrected chi connectivity index (χ2v) is 5.82. The van der Waals surface area contributed by atoms with E-state index in [-0.39, 0.29) is 0 Å². The number of aromatic nitrogens is 2. The van der Waals surface area contributed by atoms with Gasteiger partial charge in [0.1, 0.15) is 0 Å². The van der Waals surface area contributed by atoms with Crippen molar-refractivity contribution in [2.45, 2.75) is 20.4 Å². The summed E-state index contributed by atoms with van der Waals surface area (Å²) >= 11 is 3.43. The van der Waals surface area contributed by atoms with E-state index in [1.54, 1.807) is 0 Å². The first-order chi connectivity index (χ1) is 9.15. The SMILES string of the molecule is CC(C)CNCc1ccnc(-c2ccc(Br)cc2)n1. The first kappa shape index (κ1) is 14.2. The van der Waals surface area contributed by atoms with Gasteiger partial charge in [0.15, 0.2) is 5.82 Å². The zero-order valence-electron chi connectivity index (χ0n) is 11.2. The Morgan fingerprint density at radius 2 is 1.89 bits per heavy atom. The monoisotopic (exact) mass is 319 g/mol. The molecule has 1 aromatic carbocycles. The van der Waals surface area contributed by atoms with E-state index in [0.717, 1.165) is 34.6 Å². The third-order valence-corrected chi connectivity index (χ3v) is 3.20. The molecule has 0 fully saturated rings. The Labute approximate surface area is 122 Å². The molecule has 2 rings (SSSR count). The summed E-state index contributed by atoms with van der Waals surface area (Å²) in [4.78, 5) is 8.91. The average Bonchev–Trinajstić information content (AvgIpc) is 2.39. The summed E-state index contributed by atoms with van der Waals surface area (Å²) < 4.78 is 1.06. The summed E-state index contributed by atoms with van der Waals surface area (Å²) in [5, 5.41) is 3.39. The number of halogens is 1. The molecule has 0 radical (unpaired) electrons. The number of nitrogens with zero attached hydrogens (tertiary/aromatic N) is 2. The molecule has 0 aliphatic rings. The summed E-state index contributed by atoms with van der Waals surface area (Å²) in [6.45, 7) is 6.17. The number of hydrogen-bond acceptors (Lipinski definition) is 3. The topological polar surface area (TPSA) is 37.8 Å². The van der Waals surface area contributed by atoms with Gasteiger partial charge in [-0.1, -0.05) is 41.9 Å². The Hall–Kier alpha value is -1.26. The first-order valence-electron chi connectivity index (χ1n) is 6.43. The lowest BCUT2D eigenvalue weighted by atomic mass is 10.2. The molecular formula is C15H18BrN3. The molecule has 0 spiro atoms. The zero-order chi connectivity index (χ0) is 13.7. The van der Waals surface area contributed by atoms with Crippen LogP contribution < -0.4 is 5.32 Å². The first-order valence-corrected chi connectivity index (χ1v) is 7.23. The smallest absolute Gasteiger partial charge is 0.159 e. The van der Waals surface area contributed by atoms with Crippen molar-refractivity contribution in [3.8, 4) is 11.4 Å². The van der Waals surface area contributed by atoms with Crippen molar-refractivity contribution in [1.82, 2.24) is 15.3 Å². The van der Waals surface area contributed by atoms with Crippen LogP contribution in [0.4, 0.5) is 0 Å². The maximum atomic E-state index is 4.58. The highest BCUT2D eigenvalue weighted by Crippen LogP contribution is 2.18. The molecule has 1 N–H and O–H groups in total. The van der Waals surface area contributed by atoms with E-state index >= 15 is 0 Å². The second-order valence-electron chi connectivity index (χ2n) is 4.90. The molecule has 1 aromatic heterocycles. The van der Waals surface area contributed by atoms with Gasteiger partial charge in [0.2, 0.25) is 0 Å². The molecule has 0 bridgehead atoms. The molecule has 0 amide bonds. The quantitative estimate of drug-likeness (QED) is 0.914. The Morgan fingerprint density at radius 3 is 2.58 bits per heavy atom. The van der Waals surface area contributed by atoms with Crippen LogP contribution in [0.3, 0.4) is 0 Å². The molecule has 0 aliphatic heterocycles. The lowest BCUT2D eigenvalue weighted by Gasteiger charge is -2.07. The predicted octanol–water partition coefficient (Wildman–Crippen LogP) is 3.65. The van der Waals surface area contributed by atoms with Gasteiger partial charge in [-0.3, -0.25) is 0 Å². The van der Waals surface area contributed by atoms with Crippen molar-refractivity contribution in [3.05, 3.63) is 46.7 Å². The van der Waals surface area contributed by atoms with Gasteiger partial charge in [0.05, 0.1) is 5.69 Å². The number of nitrogens with one attached hydrogen (secondary N) is 1. The van der Waals surface area contributed by atoms with Crippen LogP contribution in [-0.2, 0) is 6.54 Å². The van der Waals surface area contributed by atoms with Gasteiger partial charge in [-0.05, 0) is 30.7 Å². The average molecular weight is 320 g/mol. The summed E-state index contributed by atoms with van der Waals surface area (Å²) in [5.74, 6) is 1.42. The molecular weight excluding hydrogens is 302 g/mol. The number of rotatable bonds is 5. The van der Waals surface area contributed by atoms with Crippen molar-refractivity contribution >= 4 is 15.9 Å². The summed E-state index contributed by atoms with van der Waals surface area (Å²) in [5.41, 5.74) is 2.06. The standard InChI is InChI=1S/C15H18BrN3/c1-11(2)9-17-10-14-7-8-18-15(19-14)12-3-5-13(16)6-4-12/h3-8,11,17H,9-10H2,1-2H3. The van der Waals surface area contributed by atoms with Crippen molar-refractivity contribution in [2.24, 2.45) is 5.92 Å². The van der Waals surface area contributed by atoms with E-state index in [9.17, 15) is 0 Å². The molecule has 0 saturated carbocycles. The molecule has 4 heteroatoms. The Kier molecular flexibility index (Phi) is 5.05. The summed E-state index contributed by atoms with van der Waals surface area (Å²) in [6.07, 6.45) is 1.82. The van der Waals surface area contributed by atoms with Gasteiger partial charge >= 0.3 is 0 Å². The number of benzene rings is 1. The van der Waals surface area contributed by atoms with Gasteiger partial charge in [-0.25, -0.2) is 9.97 Å². The molecule has 19 heavy (non-hydrogen) atoms. The molecule has 3 nitrogen and oxygen atoms in total. The van der Waals surface area contributed by atoms with Crippen LogP contribution in [0.2, 0.25) is 0 Å². The van der Waals surface area contributed by atoms with E-state index in [4.69, 9.17) is 0 Å². The van der Waals surface area contributed by atoms with E-state index in [0.29, 0.717) is 5.92 Å². The van der Waals surface area contributed by atoms with Crippen LogP contribution in [0.15, 0.2) is 41.0 Å². The summed E-state index contributed by atoms with van der Waals surface area (Å²) in [6, 6.07) is 10.00. The minimum atomic E-state index is 0.646. The Bertz CT molecular complexity index is 523. The predicted molar refractivity (Wildman–Crippen MR) is 81.7 cm³/mol. The molecule has 0 unspecified atom stereocenters. The van der Waals surface area contributed by atoms with Gasteiger partial charge in [-0.15, -0.1) is 0 Å². The van der Waals surface area contributed by atoms with Crippen LogP contribution in [-0.4, -0.2) is 16.5 Å². The maximum absolute atomic E-state index is 4.58. The van der Waals surface area contributed by atoms with Gasteiger partial charge in [-0.2, -0.15) is 0 Å². The van der Waals surface area contributed by atoms with Crippen molar-refractivity contribution in [1.29, 1.82) is 0 Å². The second kappa shape index (κ2) is 6.78. The lowest BCUT2D eigenvalue weighted by molar-refractivity contribution is 0.548. The fraction of sp³-hybridized carbons (Fsp3) is 0.333. The largest absolute Gasteiger partial charge is 0.311 e. The highest BCUT2D eigenvalue weighted by molar-refractivity contribution is 9.10. The van der Waals surface area contributed by atoms with Crippen LogP contribution in [0, 0.1) is 5.92 Å². The van der Waals surface area contributed by atoms with Crippen molar-refractivity contribution in [3.63, 3.8) is 0 Å². The van der Waals surface area contributed by atoms with E-state index in [2.05, 4.69) is 45.1 Å². The Morgan fingerprint density at radius 1 is 1.16 bits per heavy atom. The van der Waals surface area contributed by atoms with E-state index in [1.165, 1.54) is 0 Å². The fourth-order valence-corrected chi connectivity index (χ4v) is 1.99. The van der Waals surface area contributed by atoms with Gasteiger partial charge in [0.25, 0.3) is 0 Å². The van der Waals surface area contributed by atoms with Crippen LogP contribution in [0.25, 0.3) is 11.4 Å². The van der Waals surface area contributed by atoms with Crippen molar-refractivity contribution in [2.75, 3.05) is 6.54 Å². The highest BCUT2D eigenvalue weighted by Gasteiger charge is 2.03. The Balaban J connectivity index is 2.08. The summed E-state index contributed by atoms with van der Waals surface area (Å²) in [7, 11) is 0. The van der Waals surface area contributed by atoms with Crippen LogP contribution in [0.5, 0.6) is 0 Å². The maximum Gasteiger partial charge on any atom is 0.159 e. The van der Waals surface area contributed by atoms with Crippen LogP contribution >= 0.6 is 15.9 Å². The minimum absolute atomic E-state index is 0.646. The molecule has 0 saturated heterocycles. The van der Waals surface area contributed by atoms with E-state index in [1.807, 2.05) is 36.5 Å². The molecule has 0 aliphatic carbocycles. The van der Waals surface area contributed by atoms with Gasteiger partial charge < -0.3 is 5.32 Å². The molecule has 100 valence electrons. The highest BCUT2D eigenvalue weighted by atomic mass is 79.9. The number of hydrogen-bond donors (Lipinski definition) is 1. The van der Waals surface area contributed by atoms with Gasteiger partial charge in [0, 0.05) is 22.8 Å². The molecule has 1 heterocycles. The molecule has 2 aromatic rings. The minimum Gasteiger partial charge on any atom is -0.311 e. The fourth-order valence-electron chi connectivity index (χ4n) is 1.72.